The molecule has 0 aromatic heterocycles. The summed E-state index contributed by atoms with van der Waals surface area (Å²) < 4.78 is 0. The van der Waals surface area contributed by atoms with Gasteiger partial charge in [0.1, 0.15) is 4.83 Å². The molecule has 0 aliphatic heterocycles. The molecule has 8 heavy (non-hydrogen) atoms. The Bertz CT molecular complexity index is 77.7. The third-order valence-corrected chi connectivity index (χ3v) is 2.64. The summed E-state index contributed by atoms with van der Waals surface area (Å²) in [6.45, 7) is 0. The number of alkyl halides is 2. The van der Waals surface area contributed by atoms with Crippen molar-refractivity contribution in [2.45, 2.75) is 4.83 Å². The summed E-state index contributed by atoms with van der Waals surface area (Å²) in [5.41, 5.74) is 0. The van der Waals surface area contributed by atoms with Gasteiger partial charge in [0.2, 0.25) is 0 Å². The van der Waals surface area contributed by atoms with Crippen LogP contribution in [0.4, 0.5) is 0 Å². The van der Waals surface area contributed by atoms with Crippen molar-refractivity contribution in [3.05, 3.63) is 0 Å². The Kier molecular flexibility index (Phi) is 9.76. The SMILES string of the molecule is O=C(O)C(Br)CBr.[Tl]. The van der Waals surface area contributed by atoms with Crippen LogP contribution < -0.4 is 0 Å². The van der Waals surface area contributed by atoms with E-state index in [0.29, 0.717) is 5.33 Å². The minimum absolute atomic E-state index is 0. The van der Waals surface area contributed by atoms with Gasteiger partial charge in [0.25, 0.3) is 0 Å². The van der Waals surface area contributed by atoms with Crippen LogP contribution in [0.15, 0.2) is 0 Å². The van der Waals surface area contributed by atoms with E-state index in [2.05, 4.69) is 31.9 Å². The summed E-state index contributed by atoms with van der Waals surface area (Å²) in [6.07, 6.45) is 0. The number of carbonyl (C=O) groups is 1. The second-order valence-corrected chi connectivity index (χ2v) is 2.71. The van der Waals surface area contributed by atoms with Gasteiger partial charge in [0.15, 0.2) is 0 Å². The van der Waals surface area contributed by atoms with Crippen LogP contribution in [-0.4, -0.2) is 48.5 Å². The third kappa shape index (κ3) is 5.49. The molecule has 5 heteroatoms. The van der Waals surface area contributed by atoms with Crippen LogP contribution in [0, 0.1) is 0 Å². The van der Waals surface area contributed by atoms with Gasteiger partial charge in [-0.15, -0.1) is 0 Å². The van der Waals surface area contributed by atoms with E-state index >= 15 is 0 Å². The molecule has 1 N–H and O–H groups in total. The first-order chi connectivity index (χ1) is 3.18. The molecule has 0 aromatic carbocycles. The first kappa shape index (κ1) is 12.1. The van der Waals surface area contributed by atoms with Gasteiger partial charge in [-0.1, -0.05) is 31.9 Å². The Morgan fingerprint density at radius 2 is 2.12 bits per heavy atom. The zero-order valence-corrected chi connectivity index (χ0v) is 11.6. The van der Waals surface area contributed by atoms with E-state index in [1.165, 1.54) is 0 Å². The zero-order valence-electron chi connectivity index (χ0n) is 3.97. The number of hydrogen-bond donors (Lipinski definition) is 1. The van der Waals surface area contributed by atoms with E-state index in [1.54, 1.807) is 0 Å². The smallest absolute Gasteiger partial charge is 0.318 e. The number of carboxylic acid groups (broad SMARTS) is 1. The van der Waals surface area contributed by atoms with Crippen LogP contribution >= 0.6 is 31.9 Å². The maximum atomic E-state index is 9.85. The Hall–Kier alpha value is 1.35. The number of halogens is 2. The van der Waals surface area contributed by atoms with E-state index in [-0.39, 0.29) is 27.3 Å². The predicted molar refractivity (Wildman–Crippen MR) is 39.9 cm³/mol. The Labute approximate surface area is 84.4 Å². The third-order valence-electron chi connectivity index (χ3n) is 0.403. The van der Waals surface area contributed by atoms with Crippen LogP contribution in [0.1, 0.15) is 0 Å². The average molecular weight is 436 g/mol. The Morgan fingerprint density at radius 3 is 2.12 bits per heavy atom. The minimum Gasteiger partial charge on any atom is -0.480 e. The van der Waals surface area contributed by atoms with Gasteiger partial charge in [-0.3, -0.25) is 4.79 Å². The molecule has 1 radical (unpaired) electrons. The van der Waals surface area contributed by atoms with Crippen LogP contribution in [-0.2, 0) is 4.79 Å². The van der Waals surface area contributed by atoms with Crippen LogP contribution in [0.5, 0.6) is 0 Å². The summed E-state index contributed by atoms with van der Waals surface area (Å²) in [5, 5.41) is 8.55. The predicted octanol–water partition coefficient (Wildman–Crippen LogP) is 0.849. The van der Waals surface area contributed by atoms with Crippen molar-refractivity contribution in [1.82, 2.24) is 0 Å². The molecule has 0 saturated carbocycles. The number of rotatable bonds is 2. The topological polar surface area (TPSA) is 37.3 Å². The molecule has 0 aliphatic carbocycles. The van der Waals surface area contributed by atoms with Gasteiger partial charge in [-0.2, -0.15) is 0 Å². The van der Waals surface area contributed by atoms with Crippen molar-refractivity contribution in [2.75, 3.05) is 5.33 Å². The largest absolute Gasteiger partial charge is 0.480 e. The van der Waals surface area contributed by atoms with E-state index in [1.807, 2.05) is 0 Å². The van der Waals surface area contributed by atoms with Crippen molar-refractivity contribution >= 4 is 65.1 Å². The normalized spacial score (nSPS) is 11.8. The molecule has 1 unspecified atom stereocenters. The molecule has 0 aliphatic rings. The summed E-state index contributed by atoms with van der Waals surface area (Å²) in [4.78, 5) is 9.40. The Morgan fingerprint density at radius 1 is 1.75 bits per heavy atom. The van der Waals surface area contributed by atoms with E-state index < -0.39 is 10.8 Å². The van der Waals surface area contributed by atoms with Crippen molar-refractivity contribution in [3.63, 3.8) is 0 Å². The monoisotopic (exact) mass is 435 g/mol. The molecule has 45 valence electrons. The first-order valence-corrected chi connectivity index (χ1v) is 3.65. The van der Waals surface area contributed by atoms with Gasteiger partial charge < -0.3 is 5.11 Å². The van der Waals surface area contributed by atoms with E-state index in [0.717, 1.165) is 0 Å². The second kappa shape index (κ2) is 6.47. The van der Waals surface area contributed by atoms with Crippen LogP contribution in [0.3, 0.4) is 0 Å². The molecule has 0 rings (SSSR count). The number of carboxylic acids is 1. The van der Waals surface area contributed by atoms with Gasteiger partial charge >= 0.3 is 5.97 Å². The van der Waals surface area contributed by atoms with Gasteiger partial charge in [0.05, 0.1) is 0 Å². The molecule has 0 bridgehead atoms. The summed E-state index contributed by atoms with van der Waals surface area (Å²) in [7, 11) is 0. The standard InChI is InChI=1S/C3H4Br2O2.Tl/c4-1-2(5)3(6)7;/h2H,1H2,(H,6,7);. The molecule has 0 saturated heterocycles. The fraction of sp³-hybridized carbons (Fsp3) is 0.667. The van der Waals surface area contributed by atoms with E-state index in [4.69, 9.17) is 5.11 Å². The Balaban J connectivity index is 0. The van der Waals surface area contributed by atoms with Gasteiger partial charge in [0, 0.05) is 32.6 Å². The molecular formula is C3H4Br2O2Tl. The average Bonchev–Trinajstić information content (AvgIpc) is 1.65. The molecule has 0 spiro atoms. The molecule has 2 nitrogen and oxygen atoms in total. The van der Waals surface area contributed by atoms with Crippen molar-refractivity contribution in [2.24, 2.45) is 0 Å². The van der Waals surface area contributed by atoms with Crippen LogP contribution in [0.2, 0.25) is 0 Å². The second-order valence-electron chi connectivity index (χ2n) is 0.960. The summed E-state index contributed by atoms with van der Waals surface area (Å²) in [6, 6.07) is 0. The maximum Gasteiger partial charge on any atom is 0.318 e. The molecule has 1 atom stereocenters. The first-order valence-electron chi connectivity index (χ1n) is 1.61. The fourth-order valence-electron chi connectivity index (χ4n) is 0.0660. The molecular weight excluding hydrogens is 432 g/mol. The molecule has 0 heterocycles. The van der Waals surface area contributed by atoms with Gasteiger partial charge in [-0.25, -0.2) is 0 Å². The fourth-order valence-corrected chi connectivity index (χ4v) is 0.343. The van der Waals surface area contributed by atoms with Crippen molar-refractivity contribution in [1.29, 1.82) is 0 Å². The molecule has 0 aromatic rings. The number of aliphatic carboxylic acids is 1. The van der Waals surface area contributed by atoms with Gasteiger partial charge in [-0.05, 0) is 0 Å². The van der Waals surface area contributed by atoms with Crippen LogP contribution in [0.25, 0.3) is 0 Å². The quantitative estimate of drug-likeness (QED) is 0.515. The van der Waals surface area contributed by atoms with E-state index in [9.17, 15) is 4.79 Å². The maximum absolute atomic E-state index is 9.85. The summed E-state index contributed by atoms with van der Waals surface area (Å²) >= 11 is 5.88. The van der Waals surface area contributed by atoms with Crippen molar-refractivity contribution in [3.8, 4) is 0 Å². The minimum atomic E-state index is -0.836. The molecule has 0 fully saturated rings. The zero-order chi connectivity index (χ0) is 5.86. The molecule has 0 amide bonds. The van der Waals surface area contributed by atoms with Crippen molar-refractivity contribution < 1.29 is 9.90 Å². The number of hydrogen-bond acceptors (Lipinski definition) is 1. The summed E-state index contributed by atoms with van der Waals surface area (Å²) in [5.74, 6) is -0.836.